The molecule has 0 aromatic heterocycles. The van der Waals surface area contributed by atoms with Crippen molar-refractivity contribution in [3.8, 4) is 0 Å². The summed E-state index contributed by atoms with van der Waals surface area (Å²) in [6.07, 6.45) is -0.0833. The van der Waals surface area contributed by atoms with E-state index in [-0.39, 0.29) is 89.7 Å². The van der Waals surface area contributed by atoms with E-state index < -0.39 is 21.9 Å². The SMILES string of the molecule is O.O=CC(C=O)[N+](=O)[O-].O=CC(C=O)[N+](=O)[O-].[Na].[Na]. The van der Waals surface area contributed by atoms with Gasteiger partial charge < -0.3 is 5.48 Å². The van der Waals surface area contributed by atoms with Crippen LogP contribution in [0.5, 0.6) is 0 Å². The van der Waals surface area contributed by atoms with Gasteiger partial charge in [-0.3, -0.25) is 39.4 Å². The Morgan fingerprint density at radius 3 is 0.842 bits per heavy atom. The molecule has 98 valence electrons. The van der Waals surface area contributed by atoms with E-state index in [0.717, 1.165) is 0 Å². The number of nitrogens with zero attached hydrogens (tertiary/aromatic N) is 2. The van der Waals surface area contributed by atoms with E-state index in [1.165, 1.54) is 0 Å². The second-order valence-electron chi connectivity index (χ2n) is 2.10. The molecule has 2 N–H and O–H groups in total. The van der Waals surface area contributed by atoms with E-state index in [9.17, 15) is 39.4 Å². The van der Waals surface area contributed by atoms with Gasteiger partial charge in [0, 0.05) is 69.0 Å². The zero-order valence-electron chi connectivity index (χ0n) is 10.1. The van der Waals surface area contributed by atoms with Crippen molar-refractivity contribution in [3.05, 3.63) is 20.2 Å². The van der Waals surface area contributed by atoms with Crippen LogP contribution in [0.25, 0.3) is 0 Å². The minimum absolute atomic E-state index is 0. The molecule has 0 unspecified atom stereocenters. The van der Waals surface area contributed by atoms with Crippen molar-refractivity contribution < 1.29 is 34.5 Å². The van der Waals surface area contributed by atoms with Crippen LogP contribution in [0.1, 0.15) is 0 Å². The van der Waals surface area contributed by atoms with E-state index in [0.29, 0.717) is 0 Å². The van der Waals surface area contributed by atoms with Gasteiger partial charge in [0.15, 0.2) is 0 Å². The summed E-state index contributed by atoms with van der Waals surface area (Å²) in [5, 5.41) is 19.0. The Balaban J connectivity index is -0.0000000594. The molecule has 0 bridgehead atoms. The maximum absolute atomic E-state index is 9.50. The molecule has 13 heteroatoms. The maximum atomic E-state index is 9.50. The van der Waals surface area contributed by atoms with Gasteiger partial charge in [-0.05, 0) is 0 Å². The summed E-state index contributed by atoms with van der Waals surface area (Å²) >= 11 is 0. The average molecular weight is 298 g/mol. The van der Waals surface area contributed by atoms with Gasteiger partial charge >= 0.3 is 12.1 Å². The fourth-order valence-electron chi connectivity index (χ4n) is 0.263. The number of aldehydes is 4. The summed E-state index contributed by atoms with van der Waals surface area (Å²) in [4.78, 5) is 55.1. The Kier molecular flexibility index (Phi) is 32.3. The minimum Gasteiger partial charge on any atom is -0.412 e. The summed E-state index contributed by atoms with van der Waals surface area (Å²) in [5.41, 5.74) is 0. The van der Waals surface area contributed by atoms with Crippen molar-refractivity contribution >= 4 is 84.3 Å². The monoisotopic (exact) mass is 298 g/mol. The van der Waals surface area contributed by atoms with Crippen molar-refractivity contribution in [2.24, 2.45) is 0 Å². The molecule has 0 heterocycles. The Morgan fingerprint density at radius 2 is 0.842 bits per heavy atom. The largest absolute Gasteiger partial charge is 0.412 e. The molecular weight excluding hydrogens is 290 g/mol. The molecule has 2 radical (unpaired) electrons. The number of hydrogen-bond acceptors (Lipinski definition) is 8. The molecule has 0 aromatic rings. The van der Waals surface area contributed by atoms with Crippen molar-refractivity contribution in [2.75, 3.05) is 0 Å². The molecule has 0 aliphatic heterocycles. The first-order valence-corrected chi connectivity index (χ1v) is 3.52. The van der Waals surface area contributed by atoms with Gasteiger partial charge in [-0.1, -0.05) is 0 Å². The molecule has 0 spiro atoms. The van der Waals surface area contributed by atoms with Crippen LogP contribution in [0.2, 0.25) is 0 Å². The normalized spacial score (nSPS) is 7.26. The number of carbonyl (C=O) groups is 4. The molecule has 0 fully saturated rings. The van der Waals surface area contributed by atoms with E-state index in [4.69, 9.17) is 0 Å². The predicted molar refractivity (Wildman–Crippen MR) is 60.9 cm³/mol. The second kappa shape index (κ2) is 19.8. The van der Waals surface area contributed by atoms with Crippen LogP contribution >= 0.6 is 0 Å². The van der Waals surface area contributed by atoms with Crippen molar-refractivity contribution in [1.29, 1.82) is 0 Å². The summed E-state index contributed by atoms with van der Waals surface area (Å²) in [6.45, 7) is 0. The third-order valence-corrected chi connectivity index (χ3v) is 1.04. The molecular formula is C6H8N2Na2O9. The first-order valence-electron chi connectivity index (χ1n) is 3.52. The van der Waals surface area contributed by atoms with Crippen LogP contribution in [0.3, 0.4) is 0 Å². The number of hydrogen-bond donors (Lipinski definition) is 0. The molecule has 11 nitrogen and oxygen atoms in total. The van der Waals surface area contributed by atoms with Crippen molar-refractivity contribution in [2.45, 2.75) is 12.1 Å². The predicted octanol–water partition coefficient (Wildman–Crippen LogP) is -3.53. The zero-order chi connectivity index (χ0) is 13.1. The van der Waals surface area contributed by atoms with E-state index in [1.807, 2.05) is 0 Å². The van der Waals surface area contributed by atoms with Crippen LogP contribution < -0.4 is 0 Å². The Morgan fingerprint density at radius 1 is 0.684 bits per heavy atom. The average Bonchev–Trinajstić information content (AvgIpc) is 2.21. The van der Waals surface area contributed by atoms with E-state index in [1.54, 1.807) is 0 Å². The first kappa shape index (κ1) is 31.0. The van der Waals surface area contributed by atoms with Gasteiger partial charge in [0.05, 0.1) is 0 Å². The molecule has 0 saturated carbocycles. The fourth-order valence-corrected chi connectivity index (χ4v) is 0.263. The molecule has 0 rings (SSSR count). The zero-order valence-corrected chi connectivity index (χ0v) is 14.1. The maximum Gasteiger partial charge on any atom is 0.321 e. The molecule has 0 aromatic carbocycles. The molecule has 0 aliphatic rings. The number of rotatable bonds is 6. The van der Waals surface area contributed by atoms with Gasteiger partial charge in [0.2, 0.25) is 25.1 Å². The van der Waals surface area contributed by atoms with Crippen LogP contribution in [-0.2, 0) is 19.2 Å². The summed E-state index contributed by atoms with van der Waals surface area (Å²) in [7, 11) is 0. The quantitative estimate of drug-likeness (QED) is 0.158. The Bertz CT molecular complexity index is 265. The number of nitro groups is 2. The Hall–Kier alpha value is -0.560. The molecule has 0 amide bonds. The van der Waals surface area contributed by atoms with Crippen molar-refractivity contribution in [1.82, 2.24) is 0 Å². The summed E-state index contributed by atoms with van der Waals surface area (Å²) in [5.74, 6) is 0. The first-order chi connectivity index (χ1) is 7.44. The van der Waals surface area contributed by atoms with Crippen LogP contribution in [-0.4, -0.2) is 112 Å². The summed E-state index contributed by atoms with van der Waals surface area (Å²) in [6, 6.07) is -3.37. The molecule has 0 atom stereocenters. The topological polar surface area (TPSA) is 186 Å². The minimum atomic E-state index is -1.69. The van der Waals surface area contributed by atoms with Gasteiger partial charge in [0.25, 0.3) is 0 Å². The van der Waals surface area contributed by atoms with E-state index >= 15 is 0 Å². The van der Waals surface area contributed by atoms with Gasteiger partial charge in [0.1, 0.15) is 0 Å². The van der Waals surface area contributed by atoms with Crippen LogP contribution in [0.4, 0.5) is 0 Å². The second-order valence-corrected chi connectivity index (χ2v) is 2.10. The van der Waals surface area contributed by atoms with E-state index in [2.05, 4.69) is 0 Å². The van der Waals surface area contributed by atoms with Crippen LogP contribution in [0, 0.1) is 20.2 Å². The number of carbonyl (C=O) groups excluding carboxylic acids is 4. The smallest absolute Gasteiger partial charge is 0.321 e. The van der Waals surface area contributed by atoms with Crippen molar-refractivity contribution in [3.63, 3.8) is 0 Å². The molecule has 0 saturated heterocycles. The third-order valence-electron chi connectivity index (χ3n) is 1.04. The van der Waals surface area contributed by atoms with Gasteiger partial charge in [-0.25, -0.2) is 0 Å². The van der Waals surface area contributed by atoms with Gasteiger partial charge in [-0.2, -0.15) is 0 Å². The Labute approximate surface area is 150 Å². The fraction of sp³-hybridized carbons (Fsp3) is 0.333. The molecule has 19 heavy (non-hydrogen) atoms. The van der Waals surface area contributed by atoms with Gasteiger partial charge in [-0.15, -0.1) is 0 Å². The third kappa shape index (κ3) is 17.4. The van der Waals surface area contributed by atoms with Crippen LogP contribution in [0.15, 0.2) is 0 Å². The molecule has 0 aliphatic carbocycles. The summed E-state index contributed by atoms with van der Waals surface area (Å²) < 4.78 is 0. The standard InChI is InChI=1S/2C3H3NO4.2Na.H2O/c2*5-1-3(2-6)4(7)8;;;/h2*1-3H;;;1H2.